The van der Waals surface area contributed by atoms with Gasteiger partial charge in [-0.3, -0.25) is 28.9 Å². The number of nitrogens with one attached hydrogen (secondary N) is 2. The quantitative estimate of drug-likeness (QED) is 0.156. The number of unbranched alkanes of at least 4 members (excludes halogenated alkanes) is 3. The molecule has 0 saturated carbocycles. The molecule has 1 aliphatic rings. The lowest BCUT2D eigenvalue weighted by Gasteiger charge is -2.15. The van der Waals surface area contributed by atoms with Crippen LogP contribution in [0.5, 0.6) is 0 Å². The van der Waals surface area contributed by atoms with E-state index in [0.29, 0.717) is 51.7 Å². The second-order valence-corrected chi connectivity index (χ2v) is 10.5. The van der Waals surface area contributed by atoms with Crippen LogP contribution in [0.1, 0.15) is 77.0 Å². The van der Waals surface area contributed by atoms with Crippen LogP contribution in [-0.2, 0) is 24.0 Å². The van der Waals surface area contributed by atoms with Crippen molar-refractivity contribution in [3.63, 3.8) is 0 Å². The molecular weight excluding hydrogens is 468 g/mol. The Kier molecular flexibility index (Phi) is 16.5. The number of carbonyl (C=O) groups is 5. The van der Waals surface area contributed by atoms with E-state index in [1.54, 1.807) is 7.05 Å². The Hall–Kier alpha value is -1.78. The molecule has 35 heavy (non-hydrogen) atoms. The summed E-state index contributed by atoms with van der Waals surface area (Å²) in [5.74, 6) is 0.582. The molecule has 200 valence electrons. The predicted molar refractivity (Wildman–Crippen MR) is 139 cm³/mol. The molecule has 1 saturated heterocycles. The summed E-state index contributed by atoms with van der Waals surface area (Å²) in [5, 5.41) is 5.66. The van der Waals surface area contributed by atoms with Gasteiger partial charge in [-0.05, 0) is 51.4 Å². The van der Waals surface area contributed by atoms with Gasteiger partial charge in [0.05, 0.1) is 5.25 Å². The van der Waals surface area contributed by atoms with Gasteiger partial charge in [-0.15, -0.1) is 11.8 Å². The SMILES string of the molecule is CNCCC(=O)[C@H](CCCCNC(=O)CCCCCSC1CC(=O)N(C)C1=O)CC(=O)CCCN. The van der Waals surface area contributed by atoms with Crippen LogP contribution >= 0.6 is 11.8 Å². The topological polar surface area (TPSA) is 139 Å². The number of nitrogens with zero attached hydrogens (tertiary/aromatic N) is 1. The van der Waals surface area contributed by atoms with E-state index in [9.17, 15) is 24.0 Å². The summed E-state index contributed by atoms with van der Waals surface area (Å²) in [6.07, 6.45) is 7.37. The first-order valence-corrected chi connectivity index (χ1v) is 13.9. The lowest BCUT2D eigenvalue weighted by atomic mass is 9.89. The number of imide groups is 1. The molecule has 1 fully saturated rings. The molecule has 1 aliphatic heterocycles. The van der Waals surface area contributed by atoms with Crippen molar-refractivity contribution in [2.75, 3.05) is 39.5 Å². The second kappa shape index (κ2) is 18.5. The third-order valence-electron chi connectivity index (χ3n) is 6.22. The van der Waals surface area contributed by atoms with E-state index in [2.05, 4.69) is 10.6 Å². The number of hydrogen-bond acceptors (Lipinski definition) is 8. The van der Waals surface area contributed by atoms with E-state index in [4.69, 9.17) is 5.73 Å². The van der Waals surface area contributed by atoms with Gasteiger partial charge >= 0.3 is 0 Å². The zero-order valence-corrected chi connectivity index (χ0v) is 22.3. The van der Waals surface area contributed by atoms with Crippen LogP contribution in [0.15, 0.2) is 0 Å². The second-order valence-electron chi connectivity index (χ2n) is 9.16. The van der Waals surface area contributed by atoms with Gasteiger partial charge in [0.2, 0.25) is 17.7 Å². The molecule has 4 N–H and O–H groups in total. The molecule has 0 spiro atoms. The standard InChI is InChI=1S/C25H44N4O5S/c1-27-15-12-21(31)19(17-20(30)10-8-13-26)9-5-6-14-28-23(32)11-4-3-7-16-35-22-18-24(33)29(2)25(22)34/h19,22,27H,3-18,26H2,1-2H3,(H,28,32)/t19-,22?/m1/s1. The summed E-state index contributed by atoms with van der Waals surface area (Å²) in [5.41, 5.74) is 5.47. The molecule has 0 aliphatic carbocycles. The number of nitrogens with two attached hydrogens (primary N) is 1. The summed E-state index contributed by atoms with van der Waals surface area (Å²) in [6, 6.07) is 0. The number of carbonyl (C=O) groups excluding carboxylic acids is 5. The lowest BCUT2D eigenvalue weighted by Crippen LogP contribution is -2.26. The normalized spacial score (nSPS) is 16.5. The smallest absolute Gasteiger partial charge is 0.242 e. The molecular formula is C25H44N4O5S. The van der Waals surface area contributed by atoms with E-state index < -0.39 is 0 Å². The highest BCUT2D eigenvalue weighted by atomic mass is 32.2. The van der Waals surface area contributed by atoms with Gasteiger partial charge in [-0.2, -0.15) is 0 Å². The van der Waals surface area contributed by atoms with Crippen molar-refractivity contribution in [1.29, 1.82) is 0 Å². The fourth-order valence-electron chi connectivity index (χ4n) is 3.98. The summed E-state index contributed by atoms with van der Waals surface area (Å²) < 4.78 is 0. The minimum absolute atomic E-state index is 0.0226. The van der Waals surface area contributed by atoms with Gasteiger partial charge in [-0.1, -0.05) is 12.8 Å². The summed E-state index contributed by atoms with van der Waals surface area (Å²) in [6.45, 7) is 1.65. The Labute approximate surface area is 214 Å². The first kappa shape index (κ1) is 31.3. The minimum Gasteiger partial charge on any atom is -0.356 e. The van der Waals surface area contributed by atoms with Crippen LogP contribution < -0.4 is 16.4 Å². The van der Waals surface area contributed by atoms with Gasteiger partial charge in [0.25, 0.3) is 0 Å². The number of amides is 3. The Bertz CT molecular complexity index is 703. The predicted octanol–water partition coefficient (Wildman–Crippen LogP) is 1.82. The number of ketones is 2. The maximum Gasteiger partial charge on any atom is 0.242 e. The summed E-state index contributed by atoms with van der Waals surface area (Å²) >= 11 is 1.53. The fourth-order valence-corrected chi connectivity index (χ4v) is 5.20. The summed E-state index contributed by atoms with van der Waals surface area (Å²) in [4.78, 5) is 61.2. The molecule has 0 aromatic rings. The van der Waals surface area contributed by atoms with Crippen LogP contribution in [0.4, 0.5) is 0 Å². The van der Waals surface area contributed by atoms with Crippen LogP contribution in [0.3, 0.4) is 0 Å². The fraction of sp³-hybridized carbons (Fsp3) is 0.800. The van der Waals surface area contributed by atoms with Crippen molar-refractivity contribution in [1.82, 2.24) is 15.5 Å². The van der Waals surface area contributed by atoms with Gasteiger partial charge in [0.1, 0.15) is 11.6 Å². The Morgan fingerprint density at radius 3 is 2.46 bits per heavy atom. The third kappa shape index (κ3) is 13.2. The first-order valence-electron chi connectivity index (χ1n) is 12.9. The van der Waals surface area contributed by atoms with Gasteiger partial charge < -0.3 is 16.4 Å². The number of likely N-dealkylation sites (tertiary alicyclic amines) is 1. The summed E-state index contributed by atoms with van der Waals surface area (Å²) in [7, 11) is 3.33. The average Bonchev–Trinajstić information content (AvgIpc) is 3.08. The number of hydrogen-bond donors (Lipinski definition) is 3. The zero-order valence-electron chi connectivity index (χ0n) is 21.4. The van der Waals surface area contributed by atoms with Crippen LogP contribution in [-0.4, -0.2) is 78.9 Å². The van der Waals surface area contributed by atoms with Crippen LogP contribution in [0.25, 0.3) is 0 Å². The molecule has 0 aromatic heterocycles. The lowest BCUT2D eigenvalue weighted by molar-refractivity contribution is -0.136. The maximum atomic E-state index is 12.5. The number of thioether (sulfide) groups is 1. The zero-order chi connectivity index (χ0) is 26.1. The molecule has 0 aromatic carbocycles. The maximum absolute atomic E-state index is 12.5. The highest BCUT2D eigenvalue weighted by Crippen LogP contribution is 2.25. The van der Waals surface area contributed by atoms with E-state index in [-0.39, 0.29) is 53.3 Å². The van der Waals surface area contributed by atoms with Crippen molar-refractivity contribution >= 4 is 41.0 Å². The van der Waals surface area contributed by atoms with Crippen molar-refractivity contribution in [2.45, 2.75) is 82.3 Å². The average molecular weight is 513 g/mol. The highest BCUT2D eigenvalue weighted by molar-refractivity contribution is 8.00. The van der Waals surface area contributed by atoms with Crippen molar-refractivity contribution < 1.29 is 24.0 Å². The number of rotatable bonds is 21. The van der Waals surface area contributed by atoms with Crippen molar-refractivity contribution in [3.8, 4) is 0 Å². The first-order chi connectivity index (χ1) is 16.8. The molecule has 1 unspecified atom stereocenters. The van der Waals surface area contributed by atoms with Gasteiger partial charge in [0, 0.05) is 58.2 Å². The molecule has 1 heterocycles. The number of Topliss-reactive ketones (excluding diaryl/α,β-unsaturated/α-hetero) is 2. The molecule has 3 amide bonds. The van der Waals surface area contributed by atoms with E-state index in [1.807, 2.05) is 0 Å². The molecule has 0 radical (unpaired) electrons. The van der Waals surface area contributed by atoms with E-state index >= 15 is 0 Å². The van der Waals surface area contributed by atoms with Crippen molar-refractivity contribution in [2.24, 2.45) is 11.7 Å². The Balaban J connectivity index is 2.14. The molecule has 10 heteroatoms. The molecule has 1 rings (SSSR count). The van der Waals surface area contributed by atoms with E-state index in [0.717, 1.165) is 37.9 Å². The van der Waals surface area contributed by atoms with Crippen LogP contribution in [0, 0.1) is 5.92 Å². The molecule has 2 atom stereocenters. The Morgan fingerprint density at radius 1 is 1.03 bits per heavy atom. The highest BCUT2D eigenvalue weighted by Gasteiger charge is 2.35. The van der Waals surface area contributed by atoms with Crippen molar-refractivity contribution in [3.05, 3.63) is 0 Å². The van der Waals surface area contributed by atoms with Crippen LogP contribution in [0.2, 0.25) is 0 Å². The largest absolute Gasteiger partial charge is 0.356 e. The minimum atomic E-state index is -0.252. The third-order valence-corrected chi connectivity index (χ3v) is 7.51. The Morgan fingerprint density at radius 2 is 1.80 bits per heavy atom. The van der Waals surface area contributed by atoms with Gasteiger partial charge in [0.15, 0.2) is 0 Å². The monoisotopic (exact) mass is 512 g/mol. The molecule has 0 bridgehead atoms. The van der Waals surface area contributed by atoms with E-state index in [1.165, 1.54) is 23.7 Å². The van der Waals surface area contributed by atoms with Gasteiger partial charge in [-0.25, -0.2) is 0 Å². The molecule has 9 nitrogen and oxygen atoms in total.